The monoisotopic (exact) mass is 230 g/mol. The second-order valence-electron chi connectivity index (χ2n) is 4.28. The third-order valence-corrected chi connectivity index (χ3v) is 2.67. The van der Waals surface area contributed by atoms with Gasteiger partial charge in [-0.2, -0.15) is 0 Å². The van der Waals surface area contributed by atoms with E-state index in [-0.39, 0.29) is 10.6 Å². The van der Waals surface area contributed by atoms with Crippen LogP contribution in [-0.2, 0) is 6.54 Å². The number of nitro benzene ring substituents is 1. The third-order valence-electron chi connectivity index (χ3n) is 2.67. The van der Waals surface area contributed by atoms with E-state index in [9.17, 15) is 10.1 Å². The molecule has 0 aromatic heterocycles. The van der Waals surface area contributed by atoms with Crippen LogP contribution in [0.4, 0.5) is 5.69 Å². The summed E-state index contributed by atoms with van der Waals surface area (Å²) in [5.74, 6) is 0. The lowest BCUT2D eigenvalue weighted by Crippen LogP contribution is -2.11. The van der Waals surface area contributed by atoms with E-state index in [1.54, 1.807) is 12.1 Å². The zero-order valence-corrected chi connectivity index (χ0v) is 9.88. The summed E-state index contributed by atoms with van der Waals surface area (Å²) in [5.41, 5.74) is 1.28. The fraction of sp³-hybridized carbons (Fsp3) is 0.231. The molecule has 0 heterocycles. The standard InChI is InChI=1S/C13H14N2O2/c1-14(2)9-10-7-8-13(15(16)17)12-6-4-3-5-11(10)12/h3-8H,9H2,1-2H3. The number of nitrogens with zero attached hydrogens (tertiary/aromatic N) is 2. The fourth-order valence-electron chi connectivity index (χ4n) is 1.98. The van der Waals surface area contributed by atoms with E-state index in [1.165, 1.54) is 0 Å². The Morgan fingerprint density at radius 2 is 1.76 bits per heavy atom. The Bertz CT molecular complexity index is 564. The van der Waals surface area contributed by atoms with Crippen molar-refractivity contribution in [3.05, 3.63) is 52.1 Å². The average Bonchev–Trinajstić information content (AvgIpc) is 2.28. The van der Waals surface area contributed by atoms with Crippen LogP contribution >= 0.6 is 0 Å². The molecule has 0 fully saturated rings. The van der Waals surface area contributed by atoms with Gasteiger partial charge in [0.15, 0.2) is 0 Å². The Balaban J connectivity index is 2.66. The van der Waals surface area contributed by atoms with E-state index in [1.807, 2.05) is 43.3 Å². The van der Waals surface area contributed by atoms with Gasteiger partial charge in [-0.15, -0.1) is 0 Å². The first-order valence-electron chi connectivity index (χ1n) is 5.39. The van der Waals surface area contributed by atoms with Crippen LogP contribution in [0.15, 0.2) is 36.4 Å². The van der Waals surface area contributed by atoms with Gasteiger partial charge in [0.25, 0.3) is 5.69 Å². The molecule has 0 spiro atoms. The SMILES string of the molecule is CN(C)Cc1ccc([N+](=O)[O-])c2ccccc12. The molecule has 17 heavy (non-hydrogen) atoms. The van der Waals surface area contributed by atoms with Crippen molar-refractivity contribution in [3.8, 4) is 0 Å². The number of rotatable bonds is 3. The zero-order chi connectivity index (χ0) is 12.4. The van der Waals surface area contributed by atoms with Gasteiger partial charge < -0.3 is 4.90 Å². The number of hydrogen-bond donors (Lipinski definition) is 0. The predicted octanol–water partition coefficient (Wildman–Crippen LogP) is 2.81. The quantitative estimate of drug-likeness (QED) is 0.601. The number of non-ortho nitro benzene ring substituents is 1. The molecular weight excluding hydrogens is 216 g/mol. The maximum absolute atomic E-state index is 10.9. The number of nitro groups is 1. The summed E-state index contributed by atoms with van der Waals surface area (Å²) in [6, 6.07) is 10.9. The summed E-state index contributed by atoms with van der Waals surface area (Å²) in [5, 5.41) is 12.6. The van der Waals surface area contributed by atoms with E-state index < -0.39 is 0 Å². The summed E-state index contributed by atoms with van der Waals surface area (Å²) in [7, 11) is 3.96. The van der Waals surface area contributed by atoms with Crippen LogP contribution in [-0.4, -0.2) is 23.9 Å². The Kier molecular flexibility index (Phi) is 3.06. The third kappa shape index (κ3) is 2.26. The molecule has 0 unspecified atom stereocenters. The van der Waals surface area contributed by atoms with E-state index in [0.717, 1.165) is 17.5 Å². The van der Waals surface area contributed by atoms with Crippen molar-refractivity contribution in [2.45, 2.75) is 6.54 Å². The first-order chi connectivity index (χ1) is 8.09. The van der Waals surface area contributed by atoms with Crippen molar-refractivity contribution in [2.75, 3.05) is 14.1 Å². The lowest BCUT2D eigenvalue weighted by Gasteiger charge is -2.12. The Labute approximate surface area is 99.6 Å². The zero-order valence-electron chi connectivity index (χ0n) is 9.88. The lowest BCUT2D eigenvalue weighted by atomic mass is 10.0. The van der Waals surface area contributed by atoms with Crippen LogP contribution in [0.3, 0.4) is 0 Å². The molecule has 0 aliphatic carbocycles. The van der Waals surface area contributed by atoms with Gasteiger partial charge >= 0.3 is 0 Å². The first kappa shape index (κ1) is 11.5. The van der Waals surface area contributed by atoms with Crippen LogP contribution in [0.25, 0.3) is 10.8 Å². The number of benzene rings is 2. The van der Waals surface area contributed by atoms with Gasteiger partial charge in [-0.3, -0.25) is 10.1 Å². The minimum atomic E-state index is -0.332. The molecule has 0 radical (unpaired) electrons. The van der Waals surface area contributed by atoms with E-state index >= 15 is 0 Å². The van der Waals surface area contributed by atoms with E-state index in [4.69, 9.17) is 0 Å². The molecule has 0 atom stereocenters. The second-order valence-corrected chi connectivity index (χ2v) is 4.28. The molecule has 2 aromatic rings. The van der Waals surface area contributed by atoms with Crippen molar-refractivity contribution < 1.29 is 4.92 Å². The smallest absolute Gasteiger partial charge is 0.277 e. The summed E-state index contributed by atoms with van der Waals surface area (Å²) >= 11 is 0. The van der Waals surface area contributed by atoms with Crippen LogP contribution in [0.2, 0.25) is 0 Å². The van der Waals surface area contributed by atoms with Gasteiger partial charge in [0.1, 0.15) is 0 Å². The molecule has 0 amide bonds. The van der Waals surface area contributed by atoms with E-state index in [2.05, 4.69) is 0 Å². The van der Waals surface area contributed by atoms with Gasteiger partial charge in [0, 0.05) is 12.6 Å². The summed E-state index contributed by atoms with van der Waals surface area (Å²) in [6.45, 7) is 0.776. The first-order valence-corrected chi connectivity index (χ1v) is 5.39. The average molecular weight is 230 g/mol. The van der Waals surface area contributed by atoms with Crippen LogP contribution in [0.1, 0.15) is 5.56 Å². The minimum Gasteiger partial charge on any atom is -0.305 e. The molecule has 0 aliphatic heterocycles. The van der Waals surface area contributed by atoms with Crippen molar-refractivity contribution >= 4 is 16.5 Å². The number of hydrogen-bond acceptors (Lipinski definition) is 3. The summed E-state index contributed by atoms with van der Waals surface area (Å²) in [6.07, 6.45) is 0. The van der Waals surface area contributed by atoms with Crippen molar-refractivity contribution in [2.24, 2.45) is 0 Å². The van der Waals surface area contributed by atoms with Crippen molar-refractivity contribution in [1.82, 2.24) is 4.90 Å². The fourth-order valence-corrected chi connectivity index (χ4v) is 1.98. The summed E-state index contributed by atoms with van der Waals surface area (Å²) < 4.78 is 0. The highest BCUT2D eigenvalue weighted by molar-refractivity contribution is 5.93. The largest absolute Gasteiger partial charge is 0.305 e. The van der Waals surface area contributed by atoms with E-state index in [0.29, 0.717) is 5.39 Å². The normalized spacial score (nSPS) is 11.0. The predicted molar refractivity (Wildman–Crippen MR) is 68.0 cm³/mol. The Morgan fingerprint density at radius 3 is 2.35 bits per heavy atom. The maximum Gasteiger partial charge on any atom is 0.277 e. The molecule has 4 nitrogen and oxygen atoms in total. The van der Waals surface area contributed by atoms with Crippen molar-refractivity contribution in [1.29, 1.82) is 0 Å². The van der Waals surface area contributed by atoms with Gasteiger partial charge in [0.2, 0.25) is 0 Å². The van der Waals surface area contributed by atoms with Crippen LogP contribution in [0, 0.1) is 10.1 Å². The summed E-state index contributed by atoms with van der Waals surface area (Å²) in [4.78, 5) is 12.7. The maximum atomic E-state index is 10.9. The molecule has 2 rings (SSSR count). The Morgan fingerprint density at radius 1 is 1.12 bits per heavy atom. The van der Waals surface area contributed by atoms with Gasteiger partial charge in [0.05, 0.1) is 10.3 Å². The molecule has 0 bridgehead atoms. The molecule has 0 aliphatic rings. The van der Waals surface area contributed by atoms with Gasteiger partial charge in [-0.05, 0) is 31.1 Å². The molecule has 0 saturated heterocycles. The molecule has 0 saturated carbocycles. The highest BCUT2D eigenvalue weighted by Crippen LogP contribution is 2.28. The molecule has 4 heteroatoms. The minimum absolute atomic E-state index is 0.170. The Hall–Kier alpha value is -1.94. The van der Waals surface area contributed by atoms with Crippen LogP contribution < -0.4 is 0 Å². The van der Waals surface area contributed by atoms with Crippen LogP contribution in [0.5, 0.6) is 0 Å². The molecule has 88 valence electrons. The number of fused-ring (bicyclic) bond motifs is 1. The molecule has 2 aromatic carbocycles. The molecular formula is C13H14N2O2. The topological polar surface area (TPSA) is 46.4 Å². The highest BCUT2D eigenvalue weighted by atomic mass is 16.6. The molecule has 0 N–H and O–H groups in total. The highest BCUT2D eigenvalue weighted by Gasteiger charge is 2.13. The second kappa shape index (κ2) is 4.51. The van der Waals surface area contributed by atoms with Crippen molar-refractivity contribution in [3.63, 3.8) is 0 Å². The lowest BCUT2D eigenvalue weighted by molar-refractivity contribution is -0.383. The van der Waals surface area contributed by atoms with Gasteiger partial charge in [-0.1, -0.05) is 24.3 Å². The van der Waals surface area contributed by atoms with Gasteiger partial charge in [-0.25, -0.2) is 0 Å².